The van der Waals surface area contributed by atoms with Gasteiger partial charge in [-0.3, -0.25) is 14.4 Å². The van der Waals surface area contributed by atoms with Gasteiger partial charge in [-0.1, -0.05) is 18.0 Å². The van der Waals surface area contributed by atoms with Crippen LogP contribution >= 0.6 is 11.6 Å². The molecule has 9 heteroatoms. The number of ether oxygens (including phenoxy) is 2. The summed E-state index contributed by atoms with van der Waals surface area (Å²) in [6.07, 6.45) is 1.54. The second-order valence-electron chi connectivity index (χ2n) is 7.81. The van der Waals surface area contributed by atoms with Gasteiger partial charge in [0.05, 0.1) is 25.8 Å². The standard InChI is InChI=1S/C25H26ClNO7/c1-33-17-11-12-19(34-2)18(14-17)22-21(23(30)15-7-9-16(26)10-8-15)24(31)25(32)27(22)13-5-3-4-6-20(28)29/h7-12,14,22,30H,3-6,13H2,1-2H3,(H,28,29)/b23-21+. The van der Waals surface area contributed by atoms with Crippen molar-refractivity contribution >= 4 is 35.0 Å². The molecule has 0 saturated carbocycles. The van der Waals surface area contributed by atoms with E-state index < -0.39 is 23.7 Å². The van der Waals surface area contributed by atoms with Gasteiger partial charge in [-0.25, -0.2) is 0 Å². The number of carbonyl (C=O) groups excluding carboxylic acids is 2. The number of aliphatic carboxylic acids is 1. The van der Waals surface area contributed by atoms with Gasteiger partial charge in [0.15, 0.2) is 0 Å². The van der Waals surface area contributed by atoms with E-state index in [1.165, 1.54) is 19.1 Å². The molecule has 2 aromatic rings. The van der Waals surface area contributed by atoms with Crippen LogP contribution < -0.4 is 9.47 Å². The van der Waals surface area contributed by atoms with Crippen LogP contribution in [0.2, 0.25) is 5.02 Å². The first-order valence-electron chi connectivity index (χ1n) is 10.8. The molecule has 34 heavy (non-hydrogen) atoms. The molecule has 1 fully saturated rings. The maximum atomic E-state index is 13.1. The van der Waals surface area contributed by atoms with Crippen molar-refractivity contribution in [2.75, 3.05) is 20.8 Å². The van der Waals surface area contributed by atoms with E-state index in [-0.39, 0.29) is 24.3 Å². The van der Waals surface area contributed by atoms with Crippen molar-refractivity contribution in [1.82, 2.24) is 4.90 Å². The van der Waals surface area contributed by atoms with Crippen LogP contribution in [-0.2, 0) is 14.4 Å². The molecule has 1 amide bonds. The Morgan fingerprint density at radius 3 is 2.32 bits per heavy atom. The van der Waals surface area contributed by atoms with Crippen molar-refractivity contribution in [2.24, 2.45) is 0 Å². The van der Waals surface area contributed by atoms with Crippen molar-refractivity contribution in [3.63, 3.8) is 0 Å². The first-order valence-corrected chi connectivity index (χ1v) is 11.1. The van der Waals surface area contributed by atoms with E-state index >= 15 is 0 Å². The quantitative estimate of drug-likeness (QED) is 0.220. The van der Waals surface area contributed by atoms with Crippen LogP contribution in [0.5, 0.6) is 11.5 Å². The first-order chi connectivity index (χ1) is 16.3. The summed E-state index contributed by atoms with van der Waals surface area (Å²) in [5.74, 6) is -1.85. The number of carbonyl (C=O) groups is 3. The normalized spacial score (nSPS) is 17.1. The predicted molar refractivity (Wildman–Crippen MR) is 126 cm³/mol. The molecule has 0 radical (unpaired) electrons. The number of aliphatic hydroxyl groups is 1. The Hall–Kier alpha value is -3.52. The lowest BCUT2D eigenvalue weighted by atomic mass is 9.94. The number of ketones is 1. The van der Waals surface area contributed by atoms with Crippen LogP contribution in [0.25, 0.3) is 5.76 Å². The summed E-state index contributed by atoms with van der Waals surface area (Å²) in [4.78, 5) is 38.4. The van der Waals surface area contributed by atoms with E-state index in [2.05, 4.69) is 0 Å². The third-order valence-electron chi connectivity index (χ3n) is 5.68. The van der Waals surface area contributed by atoms with E-state index in [9.17, 15) is 19.5 Å². The van der Waals surface area contributed by atoms with Gasteiger partial charge in [0, 0.05) is 29.1 Å². The number of nitrogens with zero attached hydrogens (tertiary/aromatic N) is 1. The van der Waals surface area contributed by atoms with Crippen molar-refractivity contribution < 1.29 is 34.1 Å². The van der Waals surface area contributed by atoms with E-state index in [1.807, 2.05) is 0 Å². The average Bonchev–Trinajstić information content (AvgIpc) is 3.08. The van der Waals surface area contributed by atoms with Gasteiger partial charge in [0.2, 0.25) is 0 Å². The van der Waals surface area contributed by atoms with Gasteiger partial charge in [-0.2, -0.15) is 0 Å². The number of hydrogen-bond acceptors (Lipinski definition) is 6. The number of unbranched alkanes of at least 4 members (excludes halogenated alkanes) is 2. The summed E-state index contributed by atoms with van der Waals surface area (Å²) in [5, 5.41) is 20.4. The zero-order valence-corrected chi connectivity index (χ0v) is 19.7. The fraction of sp³-hybridized carbons (Fsp3) is 0.320. The monoisotopic (exact) mass is 487 g/mol. The molecule has 2 N–H and O–H groups in total. The number of Topliss-reactive ketones (excluding diaryl/α,β-unsaturated/α-hetero) is 1. The SMILES string of the molecule is COc1ccc(OC)c(C2/C(=C(\O)c3ccc(Cl)cc3)C(=O)C(=O)N2CCCCCC(=O)O)c1. The van der Waals surface area contributed by atoms with Gasteiger partial charge in [0.1, 0.15) is 17.3 Å². The number of halogens is 1. The molecule has 2 aromatic carbocycles. The van der Waals surface area contributed by atoms with Gasteiger partial charge >= 0.3 is 5.97 Å². The molecule has 0 aliphatic carbocycles. The minimum Gasteiger partial charge on any atom is -0.507 e. The van der Waals surface area contributed by atoms with Gasteiger partial charge in [-0.05, 0) is 55.3 Å². The number of amides is 1. The number of carboxylic acids is 1. The Kier molecular flexibility index (Phi) is 8.17. The highest BCUT2D eigenvalue weighted by atomic mass is 35.5. The molecule has 1 heterocycles. The minimum absolute atomic E-state index is 0.0303. The first kappa shape index (κ1) is 25.1. The Labute approximate surface area is 202 Å². The summed E-state index contributed by atoms with van der Waals surface area (Å²) in [7, 11) is 2.97. The predicted octanol–water partition coefficient (Wildman–Crippen LogP) is 4.42. The van der Waals surface area contributed by atoms with E-state index in [4.69, 9.17) is 26.2 Å². The second kappa shape index (κ2) is 11.1. The molecule has 1 saturated heterocycles. The van der Waals surface area contributed by atoms with Gasteiger partial charge < -0.3 is 24.6 Å². The highest BCUT2D eigenvalue weighted by Crippen LogP contribution is 2.44. The lowest BCUT2D eigenvalue weighted by Crippen LogP contribution is -2.31. The molecule has 8 nitrogen and oxygen atoms in total. The molecule has 1 atom stereocenters. The third-order valence-corrected chi connectivity index (χ3v) is 5.93. The van der Waals surface area contributed by atoms with Gasteiger partial charge in [0.25, 0.3) is 11.7 Å². The minimum atomic E-state index is -0.916. The summed E-state index contributed by atoms with van der Waals surface area (Å²) >= 11 is 5.96. The maximum Gasteiger partial charge on any atom is 0.303 e. The number of likely N-dealkylation sites (tertiary alicyclic amines) is 1. The Morgan fingerprint density at radius 2 is 1.71 bits per heavy atom. The lowest BCUT2D eigenvalue weighted by molar-refractivity contribution is -0.140. The molecule has 0 bridgehead atoms. The number of methoxy groups -OCH3 is 2. The van der Waals surface area contributed by atoms with E-state index in [1.54, 1.807) is 42.5 Å². The molecule has 180 valence electrons. The van der Waals surface area contributed by atoms with E-state index in [0.29, 0.717) is 46.9 Å². The molecule has 1 aliphatic rings. The van der Waals surface area contributed by atoms with Crippen molar-refractivity contribution in [1.29, 1.82) is 0 Å². The van der Waals surface area contributed by atoms with Crippen LogP contribution in [0.3, 0.4) is 0 Å². The van der Waals surface area contributed by atoms with Crippen LogP contribution in [-0.4, -0.2) is 53.5 Å². The highest BCUT2D eigenvalue weighted by Gasteiger charge is 2.47. The summed E-state index contributed by atoms with van der Waals surface area (Å²) in [6.45, 7) is 0.201. The van der Waals surface area contributed by atoms with Crippen molar-refractivity contribution in [3.8, 4) is 11.5 Å². The summed E-state index contributed by atoms with van der Waals surface area (Å²) in [6, 6.07) is 10.4. The van der Waals surface area contributed by atoms with Crippen LogP contribution in [0.1, 0.15) is 42.9 Å². The molecular weight excluding hydrogens is 462 g/mol. The Balaban J connectivity index is 2.08. The molecule has 1 aliphatic heterocycles. The zero-order chi connectivity index (χ0) is 24.8. The van der Waals surface area contributed by atoms with Crippen molar-refractivity contribution in [3.05, 3.63) is 64.2 Å². The maximum absolute atomic E-state index is 13.1. The molecule has 0 spiro atoms. The highest BCUT2D eigenvalue weighted by molar-refractivity contribution is 6.46. The molecule has 1 unspecified atom stereocenters. The van der Waals surface area contributed by atoms with Crippen LogP contribution in [0.4, 0.5) is 0 Å². The largest absolute Gasteiger partial charge is 0.507 e. The lowest BCUT2D eigenvalue weighted by Gasteiger charge is -2.27. The molecular formula is C25H26ClNO7. The average molecular weight is 488 g/mol. The number of rotatable bonds is 10. The van der Waals surface area contributed by atoms with Crippen LogP contribution in [0.15, 0.2) is 48.0 Å². The Morgan fingerprint density at radius 1 is 1.00 bits per heavy atom. The Bertz CT molecular complexity index is 1110. The van der Waals surface area contributed by atoms with Crippen LogP contribution in [0, 0.1) is 0 Å². The number of aliphatic hydroxyl groups excluding tert-OH is 1. The molecule has 0 aromatic heterocycles. The smallest absolute Gasteiger partial charge is 0.303 e. The summed E-state index contributed by atoms with van der Waals surface area (Å²) < 4.78 is 10.8. The zero-order valence-electron chi connectivity index (χ0n) is 18.9. The number of hydrogen-bond donors (Lipinski definition) is 2. The fourth-order valence-corrected chi connectivity index (χ4v) is 4.11. The van der Waals surface area contributed by atoms with Crippen molar-refractivity contribution in [2.45, 2.75) is 31.7 Å². The fourth-order valence-electron chi connectivity index (χ4n) is 3.99. The topological polar surface area (TPSA) is 113 Å². The second-order valence-corrected chi connectivity index (χ2v) is 8.25. The number of carboxylic acid groups (broad SMARTS) is 1. The molecule has 3 rings (SSSR count). The van der Waals surface area contributed by atoms with Gasteiger partial charge in [-0.15, -0.1) is 0 Å². The van der Waals surface area contributed by atoms with E-state index in [0.717, 1.165) is 0 Å². The number of benzene rings is 2. The third kappa shape index (κ3) is 5.34. The summed E-state index contributed by atoms with van der Waals surface area (Å²) in [5.41, 5.74) is 0.766.